The van der Waals surface area contributed by atoms with E-state index < -0.39 is 10.0 Å². The lowest BCUT2D eigenvalue weighted by molar-refractivity contribution is 0.400. The molecule has 1 aromatic rings. The molecule has 1 aromatic heterocycles. The van der Waals surface area contributed by atoms with Crippen molar-refractivity contribution in [3.63, 3.8) is 0 Å². The fourth-order valence-electron chi connectivity index (χ4n) is 3.00. The molecule has 0 unspecified atom stereocenters. The van der Waals surface area contributed by atoms with Crippen LogP contribution in [0.2, 0.25) is 0 Å². The van der Waals surface area contributed by atoms with Crippen molar-refractivity contribution < 1.29 is 8.42 Å². The molecule has 2 aliphatic rings. The van der Waals surface area contributed by atoms with Gasteiger partial charge in [-0.05, 0) is 42.7 Å². The maximum Gasteiger partial charge on any atom is 0.214 e. The molecule has 0 aromatic carbocycles. The van der Waals surface area contributed by atoms with Crippen molar-refractivity contribution in [2.75, 3.05) is 25.4 Å². The van der Waals surface area contributed by atoms with Crippen molar-refractivity contribution in [1.29, 1.82) is 0 Å². The van der Waals surface area contributed by atoms with Crippen LogP contribution in [0.15, 0.2) is 11.4 Å². The van der Waals surface area contributed by atoms with Crippen molar-refractivity contribution in [2.45, 2.75) is 31.7 Å². The van der Waals surface area contributed by atoms with E-state index in [-0.39, 0.29) is 0 Å². The number of thiophene rings is 1. The van der Waals surface area contributed by atoms with Gasteiger partial charge in [-0.15, -0.1) is 11.3 Å². The highest BCUT2D eigenvalue weighted by Gasteiger charge is 2.28. The Labute approximate surface area is 118 Å². The van der Waals surface area contributed by atoms with E-state index in [1.807, 2.05) is 11.3 Å². The van der Waals surface area contributed by atoms with Gasteiger partial charge in [0.1, 0.15) is 0 Å². The highest BCUT2D eigenvalue weighted by molar-refractivity contribution is 7.89. The summed E-state index contributed by atoms with van der Waals surface area (Å²) >= 11 is 1.84. The number of nitrogens with one attached hydrogen (secondary N) is 1. The molecule has 0 spiro atoms. The van der Waals surface area contributed by atoms with Crippen molar-refractivity contribution in [3.05, 3.63) is 21.9 Å². The first-order valence-corrected chi connectivity index (χ1v) is 9.43. The molecule has 4 nitrogen and oxygen atoms in total. The zero-order chi connectivity index (χ0) is 13.3. The predicted octanol–water partition coefficient (Wildman–Crippen LogP) is 1.75. The number of fused-ring (bicyclic) bond motifs is 1. The van der Waals surface area contributed by atoms with Gasteiger partial charge in [0, 0.05) is 30.6 Å². The molecule has 0 bridgehead atoms. The fraction of sp³-hybridized carbons (Fsp3) is 0.692. The van der Waals surface area contributed by atoms with E-state index in [2.05, 4.69) is 16.8 Å². The second kappa shape index (κ2) is 5.52. The highest BCUT2D eigenvalue weighted by atomic mass is 32.2. The molecule has 6 heteroatoms. The Bertz CT molecular complexity index is 539. The number of hydrogen-bond donors (Lipinski definition) is 1. The molecule has 3 rings (SSSR count). The summed E-state index contributed by atoms with van der Waals surface area (Å²) in [6.45, 7) is 2.05. The minimum absolute atomic E-state index is 0.325. The van der Waals surface area contributed by atoms with E-state index in [0.717, 1.165) is 19.4 Å². The molecule has 19 heavy (non-hydrogen) atoms. The van der Waals surface area contributed by atoms with Crippen LogP contribution < -0.4 is 5.32 Å². The van der Waals surface area contributed by atoms with E-state index in [9.17, 15) is 8.42 Å². The first-order valence-electron chi connectivity index (χ1n) is 6.94. The molecular weight excluding hydrogens is 280 g/mol. The molecule has 0 radical (unpaired) electrons. The minimum atomic E-state index is -2.94. The predicted molar refractivity (Wildman–Crippen MR) is 78.0 cm³/mol. The average molecular weight is 300 g/mol. The van der Waals surface area contributed by atoms with Gasteiger partial charge in [-0.2, -0.15) is 0 Å². The van der Waals surface area contributed by atoms with Gasteiger partial charge in [-0.3, -0.25) is 0 Å². The standard InChI is InChI=1S/C13H20N2O2S2/c16-19(17)10-2-7-15(19)8-6-14-12-3-1-4-13-11(12)5-9-18-13/h5,9,12,14H,1-4,6-8,10H2/t12-/m0/s1. The van der Waals surface area contributed by atoms with E-state index in [0.29, 0.717) is 24.9 Å². The number of aryl methyl sites for hydroxylation is 1. The Morgan fingerprint density at radius 2 is 2.32 bits per heavy atom. The van der Waals surface area contributed by atoms with Gasteiger partial charge in [-0.1, -0.05) is 0 Å². The van der Waals surface area contributed by atoms with Crippen LogP contribution >= 0.6 is 11.3 Å². The molecule has 0 amide bonds. The third kappa shape index (κ3) is 2.86. The lowest BCUT2D eigenvalue weighted by Crippen LogP contribution is -2.35. The second-order valence-corrected chi connectivity index (χ2v) is 8.36. The Hall–Kier alpha value is -0.430. The fourth-order valence-corrected chi connectivity index (χ4v) is 5.52. The van der Waals surface area contributed by atoms with E-state index in [4.69, 9.17) is 0 Å². The Balaban J connectivity index is 1.54. The molecule has 1 aliphatic heterocycles. The molecule has 1 aliphatic carbocycles. The zero-order valence-corrected chi connectivity index (χ0v) is 12.6. The molecule has 1 atom stereocenters. The first kappa shape index (κ1) is 13.5. The maximum atomic E-state index is 11.7. The first-order chi connectivity index (χ1) is 9.17. The summed E-state index contributed by atoms with van der Waals surface area (Å²) < 4.78 is 25.0. The van der Waals surface area contributed by atoms with Gasteiger partial charge in [0.15, 0.2) is 0 Å². The molecular formula is C13H20N2O2S2. The van der Waals surface area contributed by atoms with Crippen LogP contribution in [0.4, 0.5) is 0 Å². The summed E-state index contributed by atoms with van der Waals surface area (Å²) in [5.41, 5.74) is 1.43. The van der Waals surface area contributed by atoms with Crippen LogP contribution in [-0.2, 0) is 16.4 Å². The van der Waals surface area contributed by atoms with Gasteiger partial charge < -0.3 is 5.32 Å². The maximum absolute atomic E-state index is 11.7. The quantitative estimate of drug-likeness (QED) is 0.921. The largest absolute Gasteiger partial charge is 0.309 e. The van der Waals surface area contributed by atoms with Crippen molar-refractivity contribution in [3.8, 4) is 0 Å². The van der Waals surface area contributed by atoms with Gasteiger partial charge in [0.2, 0.25) is 10.0 Å². The summed E-state index contributed by atoms with van der Waals surface area (Å²) in [5.74, 6) is 0.325. The number of hydrogen-bond acceptors (Lipinski definition) is 4. The Morgan fingerprint density at radius 3 is 3.11 bits per heavy atom. The van der Waals surface area contributed by atoms with E-state index in [1.54, 1.807) is 4.31 Å². The van der Waals surface area contributed by atoms with Gasteiger partial charge >= 0.3 is 0 Å². The number of sulfonamides is 1. The normalized spacial score (nSPS) is 26.4. The highest BCUT2D eigenvalue weighted by Crippen LogP contribution is 2.33. The zero-order valence-electron chi connectivity index (χ0n) is 11.0. The van der Waals surface area contributed by atoms with Crippen LogP contribution in [0.1, 0.15) is 35.7 Å². The lowest BCUT2D eigenvalue weighted by Gasteiger charge is -2.25. The van der Waals surface area contributed by atoms with Crippen LogP contribution in [0.5, 0.6) is 0 Å². The molecule has 2 heterocycles. The number of nitrogens with zero attached hydrogens (tertiary/aromatic N) is 1. The second-order valence-electron chi connectivity index (χ2n) is 5.27. The minimum Gasteiger partial charge on any atom is -0.309 e. The van der Waals surface area contributed by atoms with Crippen molar-refractivity contribution in [1.82, 2.24) is 9.62 Å². The van der Waals surface area contributed by atoms with E-state index >= 15 is 0 Å². The summed E-state index contributed by atoms with van der Waals surface area (Å²) in [6.07, 6.45) is 4.37. The Morgan fingerprint density at radius 1 is 1.42 bits per heavy atom. The van der Waals surface area contributed by atoms with Crippen LogP contribution in [0.3, 0.4) is 0 Å². The monoisotopic (exact) mass is 300 g/mol. The van der Waals surface area contributed by atoms with Crippen LogP contribution in [0.25, 0.3) is 0 Å². The van der Waals surface area contributed by atoms with Crippen molar-refractivity contribution in [2.24, 2.45) is 0 Å². The van der Waals surface area contributed by atoms with Gasteiger partial charge in [-0.25, -0.2) is 12.7 Å². The third-order valence-corrected chi connectivity index (χ3v) is 6.96. The van der Waals surface area contributed by atoms with E-state index in [1.165, 1.54) is 23.3 Å². The molecule has 1 N–H and O–H groups in total. The topological polar surface area (TPSA) is 49.4 Å². The molecule has 0 saturated carbocycles. The number of rotatable bonds is 4. The summed E-state index contributed by atoms with van der Waals surface area (Å²) in [5, 5.41) is 5.69. The van der Waals surface area contributed by atoms with Gasteiger partial charge in [0.05, 0.1) is 5.75 Å². The van der Waals surface area contributed by atoms with Crippen molar-refractivity contribution >= 4 is 21.4 Å². The molecule has 106 valence electrons. The lowest BCUT2D eigenvalue weighted by atomic mass is 9.94. The van der Waals surface area contributed by atoms with Crippen LogP contribution in [-0.4, -0.2) is 38.1 Å². The molecule has 1 saturated heterocycles. The smallest absolute Gasteiger partial charge is 0.214 e. The average Bonchev–Trinajstić information content (AvgIpc) is 2.96. The summed E-state index contributed by atoms with van der Waals surface area (Å²) in [6, 6.07) is 2.63. The van der Waals surface area contributed by atoms with Crippen LogP contribution in [0, 0.1) is 0 Å². The Kier molecular flexibility index (Phi) is 3.93. The molecule has 1 fully saturated rings. The van der Waals surface area contributed by atoms with Gasteiger partial charge in [0.25, 0.3) is 0 Å². The SMILES string of the molecule is O=S1(=O)CCCN1CCN[C@H]1CCCc2sccc21. The summed E-state index contributed by atoms with van der Waals surface area (Å²) in [4.78, 5) is 1.50. The summed E-state index contributed by atoms with van der Waals surface area (Å²) in [7, 11) is -2.94. The third-order valence-electron chi connectivity index (χ3n) is 4.01.